The largest absolute Gasteiger partial charge is 0.369 e. The SMILES string of the molecule is CC(OCc1ccc([N+](=O)[O-])cc1)c1ccccc1. The maximum Gasteiger partial charge on any atom is 0.269 e. The van der Waals surface area contributed by atoms with Crippen LogP contribution in [0.2, 0.25) is 0 Å². The first-order valence-corrected chi connectivity index (χ1v) is 6.06. The molecule has 0 radical (unpaired) electrons. The molecule has 0 bridgehead atoms. The standard InChI is InChI=1S/C15H15NO3/c1-12(14-5-3-2-4-6-14)19-11-13-7-9-15(10-8-13)16(17)18/h2-10,12H,11H2,1H3. The highest BCUT2D eigenvalue weighted by molar-refractivity contribution is 5.32. The summed E-state index contributed by atoms with van der Waals surface area (Å²) in [6, 6.07) is 16.4. The monoisotopic (exact) mass is 257 g/mol. The Hall–Kier alpha value is -2.20. The van der Waals surface area contributed by atoms with E-state index >= 15 is 0 Å². The van der Waals surface area contributed by atoms with Crippen LogP contribution in [0.25, 0.3) is 0 Å². The van der Waals surface area contributed by atoms with Crippen molar-refractivity contribution in [3.8, 4) is 0 Å². The predicted molar refractivity (Wildman–Crippen MR) is 72.7 cm³/mol. The van der Waals surface area contributed by atoms with Crippen molar-refractivity contribution >= 4 is 5.69 Å². The summed E-state index contributed by atoms with van der Waals surface area (Å²) >= 11 is 0. The molecule has 2 aromatic carbocycles. The fourth-order valence-electron chi connectivity index (χ4n) is 1.76. The van der Waals surface area contributed by atoms with Crippen molar-refractivity contribution in [2.75, 3.05) is 0 Å². The molecule has 0 fully saturated rings. The van der Waals surface area contributed by atoms with Gasteiger partial charge >= 0.3 is 0 Å². The lowest BCUT2D eigenvalue weighted by molar-refractivity contribution is -0.384. The minimum absolute atomic E-state index is 0.00334. The Morgan fingerprint density at radius 2 is 1.74 bits per heavy atom. The molecule has 2 aromatic rings. The van der Waals surface area contributed by atoms with E-state index in [1.54, 1.807) is 12.1 Å². The van der Waals surface area contributed by atoms with Gasteiger partial charge in [0, 0.05) is 12.1 Å². The molecule has 4 heteroatoms. The molecule has 0 aliphatic rings. The maximum atomic E-state index is 10.5. The van der Waals surface area contributed by atoms with E-state index in [2.05, 4.69) is 0 Å². The van der Waals surface area contributed by atoms with Crippen molar-refractivity contribution in [3.63, 3.8) is 0 Å². The van der Waals surface area contributed by atoms with E-state index in [1.807, 2.05) is 37.3 Å². The summed E-state index contributed by atoms with van der Waals surface area (Å²) in [5, 5.41) is 10.5. The van der Waals surface area contributed by atoms with Gasteiger partial charge in [-0.25, -0.2) is 0 Å². The lowest BCUT2D eigenvalue weighted by atomic mass is 10.1. The zero-order valence-electron chi connectivity index (χ0n) is 10.7. The molecular formula is C15H15NO3. The number of hydrogen-bond donors (Lipinski definition) is 0. The van der Waals surface area contributed by atoms with Crippen LogP contribution in [0, 0.1) is 10.1 Å². The third kappa shape index (κ3) is 3.63. The molecular weight excluding hydrogens is 242 g/mol. The first-order valence-electron chi connectivity index (χ1n) is 6.06. The van der Waals surface area contributed by atoms with E-state index in [9.17, 15) is 10.1 Å². The summed E-state index contributed by atoms with van der Waals surface area (Å²) in [4.78, 5) is 10.1. The Morgan fingerprint density at radius 1 is 1.11 bits per heavy atom. The molecule has 0 N–H and O–H groups in total. The van der Waals surface area contributed by atoms with Gasteiger partial charge in [0.15, 0.2) is 0 Å². The summed E-state index contributed by atoms with van der Waals surface area (Å²) in [5.74, 6) is 0. The fourth-order valence-corrected chi connectivity index (χ4v) is 1.76. The van der Waals surface area contributed by atoms with E-state index < -0.39 is 4.92 Å². The number of non-ortho nitro benzene ring substituents is 1. The minimum Gasteiger partial charge on any atom is -0.369 e. The zero-order chi connectivity index (χ0) is 13.7. The number of nitro groups is 1. The van der Waals surface area contributed by atoms with Gasteiger partial charge in [0.2, 0.25) is 0 Å². The summed E-state index contributed by atoms with van der Waals surface area (Å²) in [5.41, 5.74) is 2.14. The molecule has 2 rings (SSSR count). The van der Waals surface area contributed by atoms with Crippen LogP contribution < -0.4 is 0 Å². The van der Waals surface area contributed by atoms with Gasteiger partial charge in [0.05, 0.1) is 17.6 Å². The Labute approximate surface area is 111 Å². The average Bonchev–Trinajstić information content (AvgIpc) is 2.46. The van der Waals surface area contributed by atoms with Crippen molar-refractivity contribution in [1.82, 2.24) is 0 Å². The van der Waals surface area contributed by atoms with Gasteiger partial charge in [-0.05, 0) is 30.2 Å². The molecule has 0 aliphatic carbocycles. The maximum absolute atomic E-state index is 10.5. The highest BCUT2D eigenvalue weighted by atomic mass is 16.6. The molecule has 19 heavy (non-hydrogen) atoms. The second-order valence-electron chi connectivity index (χ2n) is 4.29. The van der Waals surface area contributed by atoms with Crippen molar-refractivity contribution in [2.24, 2.45) is 0 Å². The summed E-state index contributed by atoms with van der Waals surface area (Å²) in [6.45, 7) is 2.43. The molecule has 4 nitrogen and oxygen atoms in total. The number of nitrogens with zero attached hydrogens (tertiary/aromatic N) is 1. The Balaban J connectivity index is 1.93. The summed E-state index contributed by atoms with van der Waals surface area (Å²) in [7, 11) is 0. The minimum atomic E-state index is -0.406. The van der Waals surface area contributed by atoms with Crippen LogP contribution in [0.15, 0.2) is 54.6 Å². The van der Waals surface area contributed by atoms with Crippen LogP contribution >= 0.6 is 0 Å². The van der Waals surface area contributed by atoms with Gasteiger partial charge in [0.1, 0.15) is 0 Å². The third-order valence-electron chi connectivity index (χ3n) is 2.92. The number of rotatable bonds is 5. The molecule has 0 aliphatic heterocycles. The van der Waals surface area contributed by atoms with Crippen LogP contribution in [0.1, 0.15) is 24.2 Å². The lowest BCUT2D eigenvalue weighted by Gasteiger charge is -2.13. The first kappa shape index (κ1) is 13.2. The first-order chi connectivity index (χ1) is 9.16. The van der Waals surface area contributed by atoms with Crippen LogP contribution in [-0.2, 0) is 11.3 Å². The summed E-state index contributed by atoms with van der Waals surface area (Å²) < 4.78 is 5.74. The number of nitro benzene ring substituents is 1. The zero-order valence-corrected chi connectivity index (χ0v) is 10.7. The molecule has 0 saturated heterocycles. The van der Waals surface area contributed by atoms with Crippen LogP contribution in [0.3, 0.4) is 0 Å². The summed E-state index contributed by atoms with van der Waals surface area (Å²) in [6.07, 6.45) is -0.00334. The van der Waals surface area contributed by atoms with Gasteiger partial charge < -0.3 is 4.74 Å². The van der Waals surface area contributed by atoms with Crippen molar-refractivity contribution in [2.45, 2.75) is 19.6 Å². The lowest BCUT2D eigenvalue weighted by Crippen LogP contribution is -2.00. The van der Waals surface area contributed by atoms with E-state index in [0.717, 1.165) is 11.1 Å². The molecule has 0 heterocycles. The van der Waals surface area contributed by atoms with Gasteiger partial charge in [0.25, 0.3) is 5.69 Å². The second-order valence-corrected chi connectivity index (χ2v) is 4.29. The highest BCUT2D eigenvalue weighted by Gasteiger charge is 2.07. The van der Waals surface area contributed by atoms with Crippen molar-refractivity contribution < 1.29 is 9.66 Å². The Kier molecular flexibility index (Phi) is 4.26. The van der Waals surface area contributed by atoms with Gasteiger partial charge in [-0.1, -0.05) is 30.3 Å². The number of benzene rings is 2. The van der Waals surface area contributed by atoms with E-state index in [0.29, 0.717) is 6.61 Å². The van der Waals surface area contributed by atoms with E-state index in [-0.39, 0.29) is 11.8 Å². The third-order valence-corrected chi connectivity index (χ3v) is 2.92. The molecule has 98 valence electrons. The van der Waals surface area contributed by atoms with E-state index in [4.69, 9.17) is 4.74 Å². The fraction of sp³-hybridized carbons (Fsp3) is 0.200. The topological polar surface area (TPSA) is 52.4 Å². The van der Waals surface area contributed by atoms with Gasteiger partial charge in [-0.15, -0.1) is 0 Å². The van der Waals surface area contributed by atoms with Crippen molar-refractivity contribution in [3.05, 3.63) is 75.8 Å². The van der Waals surface area contributed by atoms with Crippen LogP contribution in [-0.4, -0.2) is 4.92 Å². The molecule has 0 spiro atoms. The number of ether oxygens (including phenoxy) is 1. The van der Waals surface area contributed by atoms with Crippen LogP contribution in [0.5, 0.6) is 0 Å². The average molecular weight is 257 g/mol. The molecule has 1 unspecified atom stereocenters. The van der Waals surface area contributed by atoms with E-state index in [1.165, 1.54) is 12.1 Å². The normalized spacial score (nSPS) is 12.1. The predicted octanol–water partition coefficient (Wildman–Crippen LogP) is 3.87. The van der Waals surface area contributed by atoms with Gasteiger partial charge in [-0.3, -0.25) is 10.1 Å². The smallest absolute Gasteiger partial charge is 0.269 e. The number of hydrogen-bond acceptors (Lipinski definition) is 3. The molecule has 0 aromatic heterocycles. The molecule has 1 atom stereocenters. The quantitative estimate of drug-likeness (QED) is 0.603. The second kappa shape index (κ2) is 6.11. The molecule has 0 amide bonds. The Morgan fingerprint density at radius 3 is 2.32 bits per heavy atom. The highest BCUT2D eigenvalue weighted by Crippen LogP contribution is 2.19. The molecule has 0 saturated carbocycles. The van der Waals surface area contributed by atoms with Crippen molar-refractivity contribution in [1.29, 1.82) is 0 Å². The van der Waals surface area contributed by atoms with Gasteiger partial charge in [-0.2, -0.15) is 0 Å². The van der Waals surface area contributed by atoms with Crippen LogP contribution in [0.4, 0.5) is 5.69 Å². The Bertz CT molecular complexity index is 537.